The van der Waals surface area contributed by atoms with Crippen molar-refractivity contribution in [3.05, 3.63) is 96.6 Å². The third kappa shape index (κ3) is 4.58. The first-order valence-electron chi connectivity index (χ1n) is 9.99. The molecule has 11 heteroatoms. The topological polar surface area (TPSA) is 162 Å². The number of nitrogens with zero attached hydrogens (tertiary/aromatic N) is 4. The fourth-order valence-corrected chi connectivity index (χ4v) is 3.43. The first kappa shape index (κ1) is 24.0. The Labute approximate surface area is 193 Å². The van der Waals surface area contributed by atoms with Gasteiger partial charge in [0.25, 0.3) is 11.4 Å². The zero-order valence-corrected chi connectivity index (χ0v) is 18.5. The number of nitro groups is 3. The number of phenolic OH excluding ortho intramolecular Hbond substituents is 1. The van der Waals surface area contributed by atoms with Crippen molar-refractivity contribution in [2.75, 3.05) is 0 Å². The molecular formula is C23H20N4O7. The van der Waals surface area contributed by atoms with Gasteiger partial charge in [-0.05, 0) is 35.7 Å². The summed E-state index contributed by atoms with van der Waals surface area (Å²) in [5.41, 5.74) is 3.24. The second kappa shape index (κ2) is 9.06. The van der Waals surface area contributed by atoms with Crippen LogP contribution in [0.5, 0.6) is 5.75 Å². The molecule has 0 amide bonds. The minimum atomic E-state index is -1.21. The standard InChI is InChI=1S/C17H17N.C6H3N3O7/c1-12-17(2,3)15-11-14(9-10-16(15)18-12)13-7-5-4-6-8-13;10-6-4(8(13)14)1-3(7(11)12)2-5(6)9(15)16/h4-11H,1-3H3;1-2,10H. The van der Waals surface area contributed by atoms with E-state index in [1.807, 2.05) is 6.07 Å². The average molecular weight is 464 g/mol. The number of fused-ring (bicyclic) bond motifs is 1. The van der Waals surface area contributed by atoms with E-state index in [4.69, 9.17) is 5.11 Å². The van der Waals surface area contributed by atoms with Crippen molar-refractivity contribution >= 4 is 28.5 Å². The number of aliphatic imine (C=N–C) groups is 1. The van der Waals surface area contributed by atoms with Crippen LogP contribution in [0.3, 0.4) is 0 Å². The van der Waals surface area contributed by atoms with Gasteiger partial charge in [0.2, 0.25) is 0 Å². The summed E-state index contributed by atoms with van der Waals surface area (Å²) >= 11 is 0. The number of rotatable bonds is 4. The van der Waals surface area contributed by atoms with Crippen LogP contribution < -0.4 is 0 Å². The van der Waals surface area contributed by atoms with E-state index in [0.717, 1.165) is 5.69 Å². The van der Waals surface area contributed by atoms with Gasteiger partial charge in [-0.1, -0.05) is 50.2 Å². The van der Waals surface area contributed by atoms with Crippen LogP contribution in [-0.2, 0) is 5.41 Å². The van der Waals surface area contributed by atoms with Gasteiger partial charge < -0.3 is 5.11 Å². The number of nitro benzene ring substituents is 3. The van der Waals surface area contributed by atoms with Crippen LogP contribution >= 0.6 is 0 Å². The molecule has 1 N–H and O–H groups in total. The van der Waals surface area contributed by atoms with E-state index in [1.54, 1.807) is 0 Å². The van der Waals surface area contributed by atoms with Gasteiger partial charge in [0, 0.05) is 11.1 Å². The third-order valence-corrected chi connectivity index (χ3v) is 5.63. The summed E-state index contributed by atoms with van der Waals surface area (Å²) in [5, 5.41) is 40.2. The fourth-order valence-electron chi connectivity index (χ4n) is 3.43. The van der Waals surface area contributed by atoms with Gasteiger partial charge >= 0.3 is 11.4 Å². The predicted molar refractivity (Wildman–Crippen MR) is 126 cm³/mol. The van der Waals surface area contributed by atoms with E-state index in [9.17, 15) is 30.3 Å². The molecule has 0 saturated heterocycles. The molecule has 1 aliphatic rings. The van der Waals surface area contributed by atoms with Crippen molar-refractivity contribution in [2.24, 2.45) is 4.99 Å². The maximum Gasteiger partial charge on any atom is 0.324 e. The first-order chi connectivity index (χ1) is 15.9. The minimum absolute atomic E-state index is 0.0557. The summed E-state index contributed by atoms with van der Waals surface area (Å²) in [4.78, 5) is 32.4. The molecule has 11 nitrogen and oxygen atoms in total. The number of aromatic hydroxyl groups is 1. The summed E-state index contributed by atoms with van der Waals surface area (Å²) in [6.45, 7) is 6.60. The first-order valence-corrected chi connectivity index (χ1v) is 9.99. The Kier molecular flexibility index (Phi) is 6.39. The van der Waals surface area contributed by atoms with Gasteiger partial charge in [-0.25, -0.2) is 0 Å². The van der Waals surface area contributed by atoms with Crippen molar-refractivity contribution in [1.82, 2.24) is 0 Å². The molecule has 0 bridgehead atoms. The van der Waals surface area contributed by atoms with Crippen LogP contribution in [0.2, 0.25) is 0 Å². The van der Waals surface area contributed by atoms with E-state index >= 15 is 0 Å². The van der Waals surface area contributed by atoms with Gasteiger partial charge in [-0.3, -0.25) is 35.3 Å². The summed E-state index contributed by atoms with van der Waals surface area (Å²) in [7, 11) is 0. The molecule has 1 aliphatic heterocycles. The van der Waals surface area contributed by atoms with Gasteiger partial charge in [-0.2, -0.15) is 0 Å². The van der Waals surface area contributed by atoms with Crippen molar-refractivity contribution in [2.45, 2.75) is 26.2 Å². The van der Waals surface area contributed by atoms with Crippen LogP contribution in [0.1, 0.15) is 26.3 Å². The molecule has 0 radical (unpaired) electrons. The highest BCUT2D eigenvalue weighted by molar-refractivity contribution is 6.00. The highest BCUT2D eigenvalue weighted by atomic mass is 16.6. The summed E-state index contributed by atoms with van der Waals surface area (Å²) in [6.07, 6.45) is 0. The molecule has 0 saturated carbocycles. The molecule has 0 atom stereocenters. The molecule has 1 heterocycles. The number of hydrogen-bond donors (Lipinski definition) is 1. The predicted octanol–water partition coefficient (Wildman–Crippen LogP) is 5.85. The minimum Gasteiger partial charge on any atom is -0.497 e. The number of phenols is 1. The lowest BCUT2D eigenvalue weighted by Crippen LogP contribution is -2.22. The Morgan fingerprint density at radius 1 is 0.794 bits per heavy atom. The Balaban J connectivity index is 0.000000192. The van der Waals surface area contributed by atoms with Crippen molar-refractivity contribution in [1.29, 1.82) is 0 Å². The Morgan fingerprint density at radius 2 is 1.35 bits per heavy atom. The Bertz CT molecular complexity index is 1300. The van der Waals surface area contributed by atoms with Gasteiger partial charge in [0.15, 0.2) is 0 Å². The molecule has 0 aliphatic carbocycles. The molecular weight excluding hydrogens is 444 g/mol. The molecule has 0 fully saturated rings. The Hall–Kier alpha value is -4.67. The number of non-ortho nitro benzene ring substituents is 1. The number of benzene rings is 3. The molecule has 3 aromatic rings. The zero-order chi connectivity index (χ0) is 25.2. The lowest BCUT2D eigenvalue weighted by molar-refractivity contribution is -0.404. The summed E-state index contributed by atoms with van der Waals surface area (Å²) < 4.78 is 0. The summed E-state index contributed by atoms with van der Waals surface area (Å²) in [5.74, 6) is -1.21. The third-order valence-electron chi connectivity index (χ3n) is 5.63. The Morgan fingerprint density at radius 3 is 1.85 bits per heavy atom. The van der Waals surface area contributed by atoms with Crippen LogP contribution in [0.15, 0.2) is 65.7 Å². The highest BCUT2D eigenvalue weighted by Gasteiger charge is 2.32. The van der Waals surface area contributed by atoms with E-state index in [2.05, 4.69) is 68.2 Å². The normalized spacial score (nSPS) is 13.2. The SMILES string of the molecule is CC1=Nc2ccc(-c3ccccc3)cc2C1(C)C.O=[N+]([O-])c1cc([N+](=O)[O-])c(O)c([N+](=O)[O-])c1. The van der Waals surface area contributed by atoms with E-state index in [1.165, 1.54) is 22.4 Å². The van der Waals surface area contributed by atoms with Crippen LogP contribution in [0.4, 0.5) is 22.7 Å². The van der Waals surface area contributed by atoms with Gasteiger partial charge in [0.05, 0.1) is 32.6 Å². The molecule has 34 heavy (non-hydrogen) atoms. The smallest absolute Gasteiger partial charge is 0.324 e. The maximum atomic E-state index is 10.4. The monoisotopic (exact) mass is 464 g/mol. The molecule has 0 aromatic heterocycles. The lowest BCUT2D eigenvalue weighted by atomic mass is 9.81. The molecule has 0 unspecified atom stereocenters. The van der Waals surface area contributed by atoms with E-state index < -0.39 is 37.6 Å². The number of hydrogen-bond acceptors (Lipinski definition) is 8. The van der Waals surface area contributed by atoms with Gasteiger partial charge in [0.1, 0.15) is 0 Å². The zero-order valence-electron chi connectivity index (χ0n) is 18.5. The molecule has 4 rings (SSSR count). The maximum absolute atomic E-state index is 10.4. The largest absolute Gasteiger partial charge is 0.497 e. The van der Waals surface area contributed by atoms with Crippen molar-refractivity contribution < 1.29 is 19.9 Å². The molecule has 0 spiro atoms. The second-order valence-corrected chi connectivity index (χ2v) is 8.02. The fraction of sp³-hybridized carbons (Fsp3) is 0.174. The van der Waals surface area contributed by atoms with E-state index in [0.29, 0.717) is 12.1 Å². The second-order valence-electron chi connectivity index (χ2n) is 8.02. The van der Waals surface area contributed by atoms with Crippen LogP contribution in [0.25, 0.3) is 11.1 Å². The van der Waals surface area contributed by atoms with Gasteiger partial charge in [-0.15, -0.1) is 0 Å². The summed E-state index contributed by atoms with van der Waals surface area (Å²) in [6, 6.07) is 18.0. The van der Waals surface area contributed by atoms with E-state index in [-0.39, 0.29) is 5.41 Å². The van der Waals surface area contributed by atoms with Crippen LogP contribution in [0, 0.1) is 30.3 Å². The van der Waals surface area contributed by atoms with Crippen molar-refractivity contribution in [3.8, 4) is 16.9 Å². The van der Waals surface area contributed by atoms with Crippen LogP contribution in [-0.4, -0.2) is 25.6 Å². The average Bonchev–Trinajstić information content (AvgIpc) is 3.02. The highest BCUT2D eigenvalue weighted by Crippen LogP contribution is 2.42. The quantitative estimate of drug-likeness (QED) is 0.373. The van der Waals surface area contributed by atoms with Crippen molar-refractivity contribution in [3.63, 3.8) is 0 Å². The molecule has 174 valence electrons. The lowest BCUT2D eigenvalue weighted by Gasteiger charge is -2.20. The molecule has 3 aromatic carbocycles.